The van der Waals surface area contributed by atoms with Gasteiger partial charge in [0.1, 0.15) is 0 Å². The fourth-order valence-corrected chi connectivity index (χ4v) is 2.80. The fourth-order valence-electron chi connectivity index (χ4n) is 2.80. The van der Waals surface area contributed by atoms with Crippen LogP contribution in [0.5, 0.6) is 0 Å². The molecule has 2 rings (SSSR count). The van der Waals surface area contributed by atoms with Crippen LogP contribution < -0.4 is 5.32 Å². The van der Waals surface area contributed by atoms with Crippen molar-refractivity contribution >= 4 is 5.91 Å². The third-order valence-electron chi connectivity index (χ3n) is 4.02. The second kappa shape index (κ2) is 5.36. The van der Waals surface area contributed by atoms with Crippen LogP contribution in [0.15, 0.2) is 0 Å². The average molecular weight is 240 g/mol. The summed E-state index contributed by atoms with van der Waals surface area (Å²) in [6.45, 7) is 8.71. The first kappa shape index (κ1) is 12.8. The number of ether oxygens (including phenoxy) is 1. The number of carbonyl (C=O) groups excluding carboxylic acids is 1. The number of rotatable bonds is 2. The average Bonchev–Trinajstić information content (AvgIpc) is 2.74. The molecule has 2 heterocycles. The van der Waals surface area contributed by atoms with Gasteiger partial charge in [-0.05, 0) is 32.2 Å². The van der Waals surface area contributed by atoms with E-state index < -0.39 is 0 Å². The van der Waals surface area contributed by atoms with Crippen LogP contribution in [0.25, 0.3) is 0 Å². The van der Waals surface area contributed by atoms with Crippen molar-refractivity contribution in [2.75, 3.05) is 19.7 Å². The lowest BCUT2D eigenvalue weighted by molar-refractivity contribution is -0.147. The number of nitrogens with zero attached hydrogens (tertiary/aromatic N) is 1. The van der Waals surface area contributed by atoms with Crippen LogP contribution in [0.2, 0.25) is 0 Å². The first-order valence-electron chi connectivity index (χ1n) is 6.79. The molecule has 2 aliphatic rings. The third kappa shape index (κ3) is 2.63. The topological polar surface area (TPSA) is 41.6 Å². The Morgan fingerprint density at radius 1 is 1.47 bits per heavy atom. The van der Waals surface area contributed by atoms with E-state index in [1.807, 2.05) is 11.8 Å². The highest BCUT2D eigenvalue weighted by Gasteiger charge is 2.37. The highest BCUT2D eigenvalue weighted by atomic mass is 16.5. The Labute approximate surface area is 104 Å². The normalized spacial score (nSPS) is 38.4. The number of hydrogen-bond donors (Lipinski definition) is 1. The minimum absolute atomic E-state index is 0.0225. The van der Waals surface area contributed by atoms with Crippen LogP contribution in [0.4, 0.5) is 0 Å². The Balaban J connectivity index is 2.05. The highest BCUT2D eigenvalue weighted by Crippen LogP contribution is 2.21. The number of hydrogen-bond acceptors (Lipinski definition) is 3. The van der Waals surface area contributed by atoms with E-state index in [1.165, 1.54) is 0 Å². The van der Waals surface area contributed by atoms with Crippen LogP contribution in [-0.4, -0.2) is 48.7 Å². The highest BCUT2D eigenvalue weighted by molar-refractivity contribution is 5.83. The summed E-state index contributed by atoms with van der Waals surface area (Å²) in [5.74, 6) is 0.732. The zero-order chi connectivity index (χ0) is 12.4. The lowest BCUT2D eigenvalue weighted by Crippen LogP contribution is -2.56. The summed E-state index contributed by atoms with van der Waals surface area (Å²) in [5.41, 5.74) is 0. The van der Waals surface area contributed by atoms with Crippen molar-refractivity contribution in [1.82, 2.24) is 10.2 Å². The Hall–Kier alpha value is -0.610. The molecule has 0 aromatic heterocycles. The molecule has 2 fully saturated rings. The predicted octanol–water partition coefficient (Wildman–Crippen LogP) is 1.01. The van der Waals surface area contributed by atoms with Gasteiger partial charge >= 0.3 is 0 Å². The molecule has 0 aromatic carbocycles. The van der Waals surface area contributed by atoms with Gasteiger partial charge in [0.2, 0.25) is 5.91 Å². The summed E-state index contributed by atoms with van der Waals surface area (Å²) >= 11 is 0. The van der Waals surface area contributed by atoms with E-state index in [9.17, 15) is 4.79 Å². The Morgan fingerprint density at radius 2 is 2.24 bits per heavy atom. The summed E-state index contributed by atoms with van der Waals surface area (Å²) in [7, 11) is 0. The van der Waals surface area contributed by atoms with Crippen molar-refractivity contribution in [1.29, 1.82) is 0 Å². The van der Waals surface area contributed by atoms with Gasteiger partial charge in [-0.3, -0.25) is 4.79 Å². The van der Waals surface area contributed by atoms with Gasteiger partial charge in [-0.1, -0.05) is 13.8 Å². The molecule has 2 aliphatic heterocycles. The largest absolute Gasteiger partial charge is 0.375 e. The fraction of sp³-hybridized carbons (Fsp3) is 0.923. The van der Waals surface area contributed by atoms with Gasteiger partial charge in [-0.15, -0.1) is 0 Å². The van der Waals surface area contributed by atoms with Crippen molar-refractivity contribution in [2.24, 2.45) is 5.92 Å². The van der Waals surface area contributed by atoms with Gasteiger partial charge in [0.25, 0.3) is 0 Å². The van der Waals surface area contributed by atoms with E-state index in [0.29, 0.717) is 12.5 Å². The monoisotopic (exact) mass is 240 g/mol. The molecule has 98 valence electrons. The molecule has 1 N–H and O–H groups in total. The van der Waals surface area contributed by atoms with Crippen LogP contribution in [0, 0.1) is 5.92 Å². The zero-order valence-electron chi connectivity index (χ0n) is 11.1. The molecule has 1 amide bonds. The van der Waals surface area contributed by atoms with E-state index in [1.54, 1.807) is 0 Å². The summed E-state index contributed by atoms with van der Waals surface area (Å²) in [6.07, 6.45) is 2.24. The second-order valence-corrected chi connectivity index (χ2v) is 5.39. The molecular formula is C13H24N2O2. The summed E-state index contributed by atoms with van der Waals surface area (Å²) in [4.78, 5) is 14.6. The maximum Gasteiger partial charge on any atom is 0.240 e. The molecule has 4 heteroatoms. The molecule has 4 nitrogen and oxygen atoms in total. The molecule has 0 bridgehead atoms. The maximum atomic E-state index is 12.5. The zero-order valence-corrected chi connectivity index (χ0v) is 11.1. The molecule has 0 aromatic rings. The number of nitrogens with one attached hydrogen (secondary N) is 1. The van der Waals surface area contributed by atoms with E-state index in [0.717, 1.165) is 25.9 Å². The van der Waals surface area contributed by atoms with Crippen molar-refractivity contribution in [2.45, 2.75) is 51.8 Å². The van der Waals surface area contributed by atoms with Crippen molar-refractivity contribution in [3.8, 4) is 0 Å². The first-order chi connectivity index (χ1) is 8.13. The molecule has 17 heavy (non-hydrogen) atoms. The molecule has 2 saturated heterocycles. The van der Waals surface area contributed by atoms with E-state index in [2.05, 4.69) is 19.2 Å². The lowest BCUT2D eigenvalue weighted by atomic mass is 10.0. The Bertz CT molecular complexity index is 283. The second-order valence-electron chi connectivity index (χ2n) is 5.39. The number of morpholine rings is 1. The van der Waals surface area contributed by atoms with Gasteiger partial charge in [-0.2, -0.15) is 0 Å². The quantitative estimate of drug-likeness (QED) is 0.783. The summed E-state index contributed by atoms with van der Waals surface area (Å²) in [6, 6.07) is 0.280. The maximum absolute atomic E-state index is 12.5. The van der Waals surface area contributed by atoms with E-state index in [-0.39, 0.29) is 24.1 Å². The molecule has 0 radical (unpaired) electrons. The van der Waals surface area contributed by atoms with Gasteiger partial charge in [-0.25, -0.2) is 0 Å². The SMILES string of the molecule is CCC1COC(C)CN1C(=O)C1NCCC1C. The van der Waals surface area contributed by atoms with Gasteiger partial charge < -0.3 is 15.0 Å². The standard InChI is InChI=1S/C13H24N2O2/c1-4-11-8-17-10(3)7-15(11)13(16)12-9(2)5-6-14-12/h9-12,14H,4-8H2,1-3H3. The first-order valence-corrected chi connectivity index (χ1v) is 6.79. The van der Waals surface area contributed by atoms with Crippen molar-refractivity contribution in [3.63, 3.8) is 0 Å². The lowest BCUT2D eigenvalue weighted by Gasteiger charge is -2.40. The number of amides is 1. The molecule has 0 aliphatic carbocycles. The summed E-state index contributed by atoms with van der Waals surface area (Å²) in [5, 5.41) is 3.33. The minimum atomic E-state index is 0.0225. The Morgan fingerprint density at radius 3 is 2.82 bits per heavy atom. The van der Waals surface area contributed by atoms with E-state index in [4.69, 9.17) is 4.74 Å². The molecule has 4 atom stereocenters. The minimum Gasteiger partial charge on any atom is -0.375 e. The third-order valence-corrected chi connectivity index (χ3v) is 4.02. The summed E-state index contributed by atoms with van der Waals surface area (Å²) < 4.78 is 5.64. The van der Waals surface area contributed by atoms with E-state index >= 15 is 0 Å². The molecular weight excluding hydrogens is 216 g/mol. The van der Waals surface area contributed by atoms with Crippen molar-refractivity contribution < 1.29 is 9.53 Å². The Kier molecular flexibility index (Phi) is 4.05. The van der Waals surface area contributed by atoms with Crippen LogP contribution in [-0.2, 0) is 9.53 Å². The van der Waals surface area contributed by atoms with Crippen LogP contribution >= 0.6 is 0 Å². The van der Waals surface area contributed by atoms with Gasteiger partial charge in [0, 0.05) is 6.54 Å². The smallest absolute Gasteiger partial charge is 0.240 e. The van der Waals surface area contributed by atoms with Crippen LogP contribution in [0.3, 0.4) is 0 Å². The van der Waals surface area contributed by atoms with Crippen LogP contribution in [0.1, 0.15) is 33.6 Å². The predicted molar refractivity (Wildman–Crippen MR) is 66.8 cm³/mol. The van der Waals surface area contributed by atoms with Crippen molar-refractivity contribution in [3.05, 3.63) is 0 Å². The molecule has 0 saturated carbocycles. The number of carbonyl (C=O) groups is 1. The molecule has 0 spiro atoms. The van der Waals surface area contributed by atoms with Gasteiger partial charge in [0.15, 0.2) is 0 Å². The molecule has 4 unspecified atom stereocenters. The van der Waals surface area contributed by atoms with Gasteiger partial charge in [0.05, 0.1) is 24.8 Å².